The van der Waals surface area contributed by atoms with E-state index >= 15 is 0 Å². The molecule has 0 saturated heterocycles. The van der Waals surface area contributed by atoms with Crippen molar-refractivity contribution in [1.29, 1.82) is 0 Å². The van der Waals surface area contributed by atoms with Crippen molar-refractivity contribution in [3.05, 3.63) is 65.5 Å². The van der Waals surface area contributed by atoms with Crippen molar-refractivity contribution >= 4 is 5.97 Å². The molecule has 0 N–H and O–H groups in total. The Kier molecular flexibility index (Phi) is 8.41. The second kappa shape index (κ2) is 11.0. The predicted octanol–water partition coefficient (Wildman–Crippen LogP) is 8.43. The van der Waals surface area contributed by atoms with E-state index in [-0.39, 0.29) is 0 Å². The number of hydrogen-bond acceptors (Lipinski definition) is 5. The van der Waals surface area contributed by atoms with Gasteiger partial charge in [-0.3, -0.25) is 0 Å². The third kappa shape index (κ3) is 7.73. The van der Waals surface area contributed by atoms with Gasteiger partial charge < -0.3 is 14.2 Å². The Morgan fingerprint density at radius 3 is 1.41 bits per heavy atom. The van der Waals surface area contributed by atoms with Gasteiger partial charge in [0, 0.05) is 11.1 Å². The lowest BCUT2D eigenvalue weighted by Crippen LogP contribution is -2.23. The first-order valence-corrected chi connectivity index (χ1v) is 10.8. The van der Waals surface area contributed by atoms with Crippen molar-refractivity contribution in [3.8, 4) is 33.8 Å². The highest BCUT2D eigenvalue weighted by atomic mass is 19.4. The lowest BCUT2D eigenvalue weighted by atomic mass is 9.87. The SMILES string of the molecule is CCOC(=O)c1nc(C(F)(F)F)c(-c2ccc(OC(F)(F)F)cc2)c(-c2ccc(OC(F)(F)F)cc2)c1C(F)(F)F. The van der Waals surface area contributed by atoms with Crippen LogP contribution in [0.15, 0.2) is 48.5 Å². The number of rotatable bonds is 6. The number of pyridine rings is 1. The molecule has 3 aromatic rings. The van der Waals surface area contributed by atoms with Crippen LogP contribution < -0.4 is 9.47 Å². The quantitative estimate of drug-likeness (QED) is 0.208. The van der Waals surface area contributed by atoms with Gasteiger partial charge in [-0.15, -0.1) is 26.3 Å². The molecule has 0 unspecified atom stereocenters. The van der Waals surface area contributed by atoms with Gasteiger partial charge in [-0.1, -0.05) is 24.3 Å². The highest BCUT2D eigenvalue weighted by Gasteiger charge is 2.46. The Labute approximate surface area is 221 Å². The Balaban J connectivity index is 2.46. The van der Waals surface area contributed by atoms with Crippen LogP contribution in [0.1, 0.15) is 28.7 Å². The third-order valence-electron chi connectivity index (χ3n) is 4.97. The van der Waals surface area contributed by atoms with Crippen molar-refractivity contribution in [1.82, 2.24) is 4.98 Å². The molecule has 0 aliphatic carbocycles. The van der Waals surface area contributed by atoms with Crippen LogP contribution in [-0.4, -0.2) is 30.3 Å². The molecule has 0 bridgehead atoms. The number of aromatic nitrogens is 1. The summed E-state index contributed by atoms with van der Waals surface area (Å²) in [4.78, 5) is 15.3. The zero-order chi connectivity index (χ0) is 31.0. The monoisotopic (exact) mass is 607 g/mol. The fourth-order valence-corrected chi connectivity index (χ4v) is 3.63. The molecule has 3 rings (SSSR count). The molecule has 2 aromatic carbocycles. The highest BCUT2D eigenvalue weighted by molar-refractivity contribution is 5.97. The van der Waals surface area contributed by atoms with E-state index < -0.39 is 88.4 Å². The fourth-order valence-electron chi connectivity index (χ4n) is 3.63. The first kappa shape index (κ1) is 31.3. The molecule has 0 amide bonds. The number of ether oxygens (including phenoxy) is 3. The van der Waals surface area contributed by atoms with Crippen molar-refractivity contribution in [2.75, 3.05) is 6.61 Å². The minimum atomic E-state index is -5.61. The van der Waals surface area contributed by atoms with E-state index in [2.05, 4.69) is 19.2 Å². The second-order valence-electron chi connectivity index (χ2n) is 7.79. The Morgan fingerprint density at radius 2 is 1.07 bits per heavy atom. The standard InChI is InChI=1S/C24H13F12NO4/c1-2-39-20(38)18-17(21(25,26)27)15(11-3-7-13(8-4-11)40-23(31,32)33)16(19(37-18)22(28,29)30)12-5-9-14(10-6-12)41-24(34,35)36/h3-10H,2H2,1H3. The minimum Gasteiger partial charge on any atom is -0.461 e. The molecular formula is C24H13F12NO4. The van der Waals surface area contributed by atoms with Crippen LogP contribution in [0.25, 0.3) is 22.3 Å². The molecule has 1 heterocycles. The zero-order valence-corrected chi connectivity index (χ0v) is 19.9. The van der Waals surface area contributed by atoms with E-state index in [1.165, 1.54) is 0 Å². The van der Waals surface area contributed by atoms with Crippen molar-refractivity contribution in [2.24, 2.45) is 0 Å². The highest BCUT2D eigenvalue weighted by Crippen LogP contribution is 2.49. The predicted molar refractivity (Wildman–Crippen MR) is 114 cm³/mol. The van der Waals surface area contributed by atoms with Gasteiger partial charge in [0.2, 0.25) is 0 Å². The second-order valence-corrected chi connectivity index (χ2v) is 7.79. The number of carbonyl (C=O) groups excluding carboxylic acids is 1. The van der Waals surface area contributed by atoms with Gasteiger partial charge in [0.05, 0.1) is 12.2 Å². The maximum Gasteiger partial charge on any atom is 0.573 e. The van der Waals surface area contributed by atoms with Gasteiger partial charge in [-0.25, -0.2) is 9.78 Å². The first-order valence-electron chi connectivity index (χ1n) is 10.8. The number of esters is 1. The molecule has 17 heteroatoms. The van der Waals surface area contributed by atoms with Crippen LogP contribution in [0, 0.1) is 0 Å². The molecule has 1 aromatic heterocycles. The summed E-state index contributed by atoms with van der Waals surface area (Å²) in [6.07, 6.45) is -21.6. The first-order chi connectivity index (χ1) is 18.7. The minimum absolute atomic E-state index is 0.505. The van der Waals surface area contributed by atoms with E-state index in [1.807, 2.05) is 0 Å². The maximum absolute atomic E-state index is 14.4. The Morgan fingerprint density at radius 1 is 0.659 bits per heavy atom. The molecule has 0 aliphatic rings. The van der Waals surface area contributed by atoms with Crippen LogP contribution >= 0.6 is 0 Å². The van der Waals surface area contributed by atoms with Crippen molar-refractivity contribution in [3.63, 3.8) is 0 Å². The van der Waals surface area contributed by atoms with Gasteiger partial charge in [0.25, 0.3) is 0 Å². The van der Waals surface area contributed by atoms with Crippen molar-refractivity contribution in [2.45, 2.75) is 32.0 Å². The zero-order valence-electron chi connectivity index (χ0n) is 19.9. The average molecular weight is 607 g/mol. The molecule has 222 valence electrons. The number of nitrogens with zero attached hydrogens (tertiary/aromatic N) is 1. The summed E-state index contributed by atoms with van der Waals surface area (Å²) in [5, 5.41) is 0. The molecule has 0 aliphatic heterocycles. The van der Waals surface area contributed by atoms with Gasteiger partial charge >= 0.3 is 31.0 Å². The fraction of sp³-hybridized carbons (Fsp3) is 0.250. The summed E-state index contributed by atoms with van der Waals surface area (Å²) in [6.45, 7) is 0.579. The van der Waals surface area contributed by atoms with Crippen LogP contribution in [0.2, 0.25) is 0 Å². The smallest absolute Gasteiger partial charge is 0.461 e. The van der Waals surface area contributed by atoms with E-state index in [0.29, 0.717) is 48.5 Å². The summed E-state index contributed by atoms with van der Waals surface area (Å²) >= 11 is 0. The molecule has 0 spiro atoms. The number of benzene rings is 2. The molecule has 41 heavy (non-hydrogen) atoms. The lowest BCUT2D eigenvalue weighted by molar-refractivity contribution is -0.275. The Bertz CT molecular complexity index is 1390. The third-order valence-corrected chi connectivity index (χ3v) is 4.97. The number of alkyl halides is 12. The largest absolute Gasteiger partial charge is 0.573 e. The van der Waals surface area contributed by atoms with Gasteiger partial charge in [-0.05, 0) is 42.3 Å². The summed E-state index contributed by atoms with van der Waals surface area (Å²) in [6, 6.07) is 4.30. The molecule has 0 radical (unpaired) electrons. The van der Waals surface area contributed by atoms with Crippen LogP contribution in [0.3, 0.4) is 0 Å². The van der Waals surface area contributed by atoms with Crippen LogP contribution in [0.4, 0.5) is 52.7 Å². The van der Waals surface area contributed by atoms with E-state index in [9.17, 15) is 57.5 Å². The number of carbonyl (C=O) groups is 1. The normalized spacial score (nSPS) is 12.7. The molecule has 0 atom stereocenters. The number of halogens is 12. The van der Waals surface area contributed by atoms with Crippen LogP contribution in [0.5, 0.6) is 11.5 Å². The number of hydrogen-bond donors (Lipinski definition) is 0. The van der Waals surface area contributed by atoms with Gasteiger partial charge in [-0.2, -0.15) is 26.3 Å². The van der Waals surface area contributed by atoms with Crippen molar-refractivity contribution < 1.29 is 71.7 Å². The average Bonchev–Trinajstić information content (AvgIpc) is 2.81. The van der Waals surface area contributed by atoms with Gasteiger partial charge in [0.15, 0.2) is 11.4 Å². The summed E-state index contributed by atoms with van der Waals surface area (Å²) in [5.74, 6) is -3.78. The maximum atomic E-state index is 14.4. The molecular weight excluding hydrogens is 594 g/mol. The molecule has 5 nitrogen and oxygen atoms in total. The van der Waals surface area contributed by atoms with E-state index in [0.717, 1.165) is 6.92 Å². The Hall–Kier alpha value is -4.18. The van der Waals surface area contributed by atoms with E-state index in [1.54, 1.807) is 0 Å². The lowest BCUT2D eigenvalue weighted by Gasteiger charge is -2.24. The summed E-state index contributed by atoms with van der Waals surface area (Å²) < 4.78 is 173. The molecule has 0 fully saturated rings. The van der Waals surface area contributed by atoms with Gasteiger partial charge in [0.1, 0.15) is 11.5 Å². The van der Waals surface area contributed by atoms with Crippen LogP contribution in [-0.2, 0) is 17.1 Å². The summed E-state index contributed by atoms with van der Waals surface area (Å²) in [5.41, 5.74) is -10.2. The summed E-state index contributed by atoms with van der Waals surface area (Å²) in [7, 11) is 0. The topological polar surface area (TPSA) is 57.7 Å². The molecule has 0 saturated carbocycles. The van der Waals surface area contributed by atoms with E-state index in [4.69, 9.17) is 0 Å².